The number of carbonyl (C=O) groups excluding carboxylic acids is 2. The topological polar surface area (TPSA) is 72.8 Å². The van der Waals surface area contributed by atoms with Gasteiger partial charge in [0.15, 0.2) is 12.2 Å². The molecule has 0 bridgehead atoms. The summed E-state index contributed by atoms with van der Waals surface area (Å²) in [5.41, 5.74) is 0. The molecule has 1 N–H and O–H groups in total. The number of ether oxygens (including phenoxy) is 2. The predicted molar refractivity (Wildman–Crippen MR) is 41.8 cm³/mol. The third-order valence-corrected chi connectivity index (χ3v) is 1.76. The fourth-order valence-electron chi connectivity index (χ4n) is 0.986. The van der Waals surface area contributed by atoms with Gasteiger partial charge in [0.1, 0.15) is 0 Å². The lowest BCUT2D eigenvalue weighted by Gasteiger charge is -2.11. The van der Waals surface area contributed by atoms with Crippen LogP contribution in [0.1, 0.15) is 19.8 Å². The van der Waals surface area contributed by atoms with Crippen molar-refractivity contribution in [2.24, 2.45) is 0 Å². The highest BCUT2D eigenvalue weighted by Gasteiger charge is 2.25. The Bertz CT molecular complexity index is 213. The van der Waals surface area contributed by atoms with Gasteiger partial charge in [-0.3, -0.25) is 0 Å². The normalized spacial score (nSPS) is 30.9. The highest BCUT2D eigenvalue weighted by molar-refractivity contribution is 5.81. The van der Waals surface area contributed by atoms with Gasteiger partial charge in [0.05, 0.1) is 6.61 Å². The van der Waals surface area contributed by atoms with E-state index in [9.17, 15) is 14.7 Å². The summed E-state index contributed by atoms with van der Waals surface area (Å²) in [7, 11) is 0. The van der Waals surface area contributed by atoms with E-state index in [4.69, 9.17) is 4.74 Å². The Labute approximate surface area is 75.6 Å². The van der Waals surface area contributed by atoms with E-state index in [0.29, 0.717) is 6.42 Å². The van der Waals surface area contributed by atoms with Gasteiger partial charge in [-0.05, 0) is 19.8 Å². The van der Waals surface area contributed by atoms with Crippen molar-refractivity contribution in [1.29, 1.82) is 0 Å². The molecule has 1 heterocycles. The Hall–Kier alpha value is -1.10. The minimum Gasteiger partial charge on any atom is -0.463 e. The minimum atomic E-state index is -1.14. The molecule has 0 spiro atoms. The van der Waals surface area contributed by atoms with E-state index in [0.717, 1.165) is 0 Å². The van der Waals surface area contributed by atoms with Gasteiger partial charge in [0.2, 0.25) is 0 Å². The Balaban J connectivity index is 2.61. The van der Waals surface area contributed by atoms with E-state index in [2.05, 4.69) is 4.74 Å². The monoisotopic (exact) mass is 188 g/mol. The number of aliphatic hydroxyl groups excluding tert-OH is 1. The van der Waals surface area contributed by atoms with Crippen LogP contribution in [0.4, 0.5) is 0 Å². The molecule has 13 heavy (non-hydrogen) atoms. The largest absolute Gasteiger partial charge is 0.463 e. The van der Waals surface area contributed by atoms with Crippen LogP contribution in [0.2, 0.25) is 0 Å². The summed E-state index contributed by atoms with van der Waals surface area (Å²) >= 11 is 0. The van der Waals surface area contributed by atoms with Gasteiger partial charge in [-0.2, -0.15) is 0 Å². The molecule has 2 unspecified atom stereocenters. The molecule has 0 aromatic rings. The summed E-state index contributed by atoms with van der Waals surface area (Å²) < 4.78 is 9.38. The first-order valence-corrected chi connectivity index (χ1v) is 4.16. The van der Waals surface area contributed by atoms with Crippen LogP contribution in [0.15, 0.2) is 0 Å². The number of cyclic esters (lactones) is 2. The van der Waals surface area contributed by atoms with Crippen molar-refractivity contribution in [2.45, 2.75) is 32.0 Å². The summed E-state index contributed by atoms with van der Waals surface area (Å²) in [4.78, 5) is 22.0. The lowest BCUT2D eigenvalue weighted by atomic mass is 10.2. The maximum Gasteiger partial charge on any atom is 0.347 e. The van der Waals surface area contributed by atoms with Crippen molar-refractivity contribution < 1.29 is 24.2 Å². The van der Waals surface area contributed by atoms with Crippen molar-refractivity contribution in [2.75, 3.05) is 6.61 Å². The average Bonchev–Trinajstić information content (AvgIpc) is 2.13. The molecule has 0 saturated carbocycles. The van der Waals surface area contributed by atoms with E-state index < -0.39 is 24.1 Å². The molecule has 5 heteroatoms. The zero-order chi connectivity index (χ0) is 9.84. The fraction of sp³-hybridized carbons (Fsp3) is 0.750. The summed E-state index contributed by atoms with van der Waals surface area (Å²) in [6.07, 6.45) is -1.34. The lowest BCUT2D eigenvalue weighted by Crippen LogP contribution is -2.30. The highest BCUT2D eigenvalue weighted by Crippen LogP contribution is 2.07. The molecule has 1 fully saturated rings. The van der Waals surface area contributed by atoms with Gasteiger partial charge < -0.3 is 14.6 Å². The van der Waals surface area contributed by atoms with Crippen LogP contribution in [0.3, 0.4) is 0 Å². The number of hydrogen-bond donors (Lipinski definition) is 1. The van der Waals surface area contributed by atoms with Gasteiger partial charge in [0, 0.05) is 0 Å². The zero-order valence-corrected chi connectivity index (χ0v) is 7.36. The van der Waals surface area contributed by atoms with Crippen molar-refractivity contribution in [3.63, 3.8) is 0 Å². The summed E-state index contributed by atoms with van der Waals surface area (Å²) in [6, 6.07) is 0. The number of esters is 2. The van der Waals surface area contributed by atoms with Crippen molar-refractivity contribution in [1.82, 2.24) is 0 Å². The van der Waals surface area contributed by atoms with Gasteiger partial charge >= 0.3 is 11.9 Å². The van der Waals surface area contributed by atoms with Crippen LogP contribution in [-0.2, 0) is 19.1 Å². The molecule has 1 saturated heterocycles. The van der Waals surface area contributed by atoms with Gasteiger partial charge in [-0.15, -0.1) is 0 Å². The maximum absolute atomic E-state index is 11.0. The van der Waals surface area contributed by atoms with Crippen LogP contribution in [-0.4, -0.2) is 35.9 Å². The number of rotatable bonds is 0. The SMILES string of the molecule is CC1OC(=O)C(O)CCCOC1=O. The van der Waals surface area contributed by atoms with Gasteiger partial charge in [-0.1, -0.05) is 0 Å². The standard InChI is InChI=1S/C8H12O5/c1-5-7(10)12-4-2-3-6(9)8(11)13-5/h5-6,9H,2-4H2,1H3. The van der Waals surface area contributed by atoms with E-state index in [1.54, 1.807) is 0 Å². The molecule has 0 amide bonds. The Morgan fingerprint density at radius 1 is 1.38 bits per heavy atom. The molecule has 0 radical (unpaired) electrons. The lowest BCUT2D eigenvalue weighted by molar-refractivity contribution is -0.169. The first-order valence-electron chi connectivity index (χ1n) is 4.16. The van der Waals surface area contributed by atoms with Crippen LogP contribution in [0.25, 0.3) is 0 Å². The number of aliphatic hydroxyl groups is 1. The van der Waals surface area contributed by atoms with E-state index in [1.807, 2.05) is 0 Å². The Morgan fingerprint density at radius 3 is 2.77 bits per heavy atom. The number of hydrogen-bond acceptors (Lipinski definition) is 5. The second-order valence-electron chi connectivity index (χ2n) is 2.90. The molecule has 5 nitrogen and oxygen atoms in total. The maximum atomic E-state index is 11.0. The van der Waals surface area contributed by atoms with Crippen molar-refractivity contribution >= 4 is 11.9 Å². The van der Waals surface area contributed by atoms with Gasteiger partial charge in [0.25, 0.3) is 0 Å². The van der Waals surface area contributed by atoms with Crippen LogP contribution < -0.4 is 0 Å². The van der Waals surface area contributed by atoms with E-state index in [1.165, 1.54) is 6.92 Å². The smallest absolute Gasteiger partial charge is 0.347 e. The molecular formula is C8H12O5. The minimum absolute atomic E-state index is 0.219. The zero-order valence-electron chi connectivity index (χ0n) is 7.36. The van der Waals surface area contributed by atoms with Crippen molar-refractivity contribution in [3.05, 3.63) is 0 Å². The van der Waals surface area contributed by atoms with Crippen molar-refractivity contribution in [3.8, 4) is 0 Å². The molecule has 2 atom stereocenters. The summed E-state index contributed by atoms with van der Waals surface area (Å²) in [6.45, 7) is 1.63. The summed E-state index contributed by atoms with van der Waals surface area (Å²) in [5.74, 6) is -1.33. The second kappa shape index (κ2) is 4.23. The third kappa shape index (κ3) is 2.69. The van der Waals surface area contributed by atoms with Crippen LogP contribution in [0.5, 0.6) is 0 Å². The first-order chi connectivity index (χ1) is 6.11. The Kier molecular flexibility index (Phi) is 3.25. The predicted octanol–water partition coefficient (Wildman–Crippen LogP) is -0.384. The summed E-state index contributed by atoms with van der Waals surface area (Å²) in [5, 5.41) is 9.17. The van der Waals surface area contributed by atoms with Crippen LogP contribution >= 0.6 is 0 Å². The molecular weight excluding hydrogens is 176 g/mol. The highest BCUT2D eigenvalue weighted by atomic mass is 16.6. The molecule has 0 aliphatic carbocycles. The molecule has 74 valence electrons. The van der Waals surface area contributed by atoms with E-state index in [-0.39, 0.29) is 13.0 Å². The molecule has 0 aromatic carbocycles. The van der Waals surface area contributed by atoms with Crippen LogP contribution in [0, 0.1) is 0 Å². The number of carbonyl (C=O) groups is 2. The fourth-order valence-corrected chi connectivity index (χ4v) is 0.986. The molecule has 1 aliphatic rings. The Morgan fingerprint density at radius 2 is 2.08 bits per heavy atom. The third-order valence-electron chi connectivity index (χ3n) is 1.76. The first kappa shape index (κ1) is 9.98. The average molecular weight is 188 g/mol. The second-order valence-corrected chi connectivity index (χ2v) is 2.90. The molecule has 0 aromatic heterocycles. The molecule has 1 rings (SSSR count). The van der Waals surface area contributed by atoms with Gasteiger partial charge in [-0.25, -0.2) is 9.59 Å². The quantitative estimate of drug-likeness (QED) is 0.524. The van der Waals surface area contributed by atoms with E-state index >= 15 is 0 Å². The molecule has 1 aliphatic heterocycles.